The van der Waals surface area contributed by atoms with E-state index in [1.165, 1.54) is 63.5 Å². The lowest BCUT2D eigenvalue weighted by atomic mass is 9.70. The van der Waals surface area contributed by atoms with E-state index in [4.69, 9.17) is 9.72 Å². The second-order valence-corrected chi connectivity index (χ2v) is 8.10. The molecule has 0 radical (unpaired) electrons. The second-order valence-electron chi connectivity index (χ2n) is 8.10. The molecule has 2 unspecified atom stereocenters. The zero-order chi connectivity index (χ0) is 16.7. The van der Waals surface area contributed by atoms with Crippen molar-refractivity contribution in [2.45, 2.75) is 97.5 Å². The Labute approximate surface area is 142 Å². The van der Waals surface area contributed by atoms with Gasteiger partial charge in [0.1, 0.15) is 5.82 Å². The number of nitrogens with zero attached hydrogens (tertiary/aromatic N) is 1. The summed E-state index contributed by atoms with van der Waals surface area (Å²) in [6.45, 7) is 9.97. The van der Waals surface area contributed by atoms with E-state index in [1.807, 2.05) is 6.92 Å². The van der Waals surface area contributed by atoms with Gasteiger partial charge in [-0.3, -0.25) is 0 Å². The Balaban J connectivity index is 1.81. The minimum atomic E-state index is 0.348. The molecule has 2 atom stereocenters. The van der Waals surface area contributed by atoms with E-state index < -0.39 is 0 Å². The molecule has 1 aromatic rings. The third kappa shape index (κ3) is 5.95. The fourth-order valence-corrected chi connectivity index (χ4v) is 3.80. The van der Waals surface area contributed by atoms with Crippen molar-refractivity contribution in [2.24, 2.45) is 5.41 Å². The lowest BCUT2D eigenvalue weighted by Crippen LogP contribution is -2.34. The molecule has 2 rings (SSSR count). The van der Waals surface area contributed by atoms with Gasteiger partial charge in [-0.1, -0.05) is 52.9 Å². The van der Waals surface area contributed by atoms with Gasteiger partial charge in [-0.25, -0.2) is 4.98 Å². The van der Waals surface area contributed by atoms with Crippen LogP contribution < -0.4 is 0 Å². The molecule has 132 valence electrons. The molecule has 3 nitrogen and oxygen atoms in total. The zero-order valence-corrected chi connectivity index (χ0v) is 15.7. The van der Waals surface area contributed by atoms with Crippen LogP contribution in [-0.4, -0.2) is 22.7 Å². The van der Waals surface area contributed by atoms with Crippen molar-refractivity contribution in [3.8, 4) is 0 Å². The number of aryl methyl sites for hydroxylation is 1. The van der Waals surface area contributed by atoms with Crippen LogP contribution in [0.2, 0.25) is 0 Å². The van der Waals surface area contributed by atoms with Crippen molar-refractivity contribution in [1.29, 1.82) is 0 Å². The summed E-state index contributed by atoms with van der Waals surface area (Å²) >= 11 is 0. The summed E-state index contributed by atoms with van der Waals surface area (Å²) in [5, 5.41) is 0. The molecule has 0 bridgehead atoms. The van der Waals surface area contributed by atoms with Crippen LogP contribution in [-0.2, 0) is 4.74 Å². The number of hydrogen-bond donors (Lipinski definition) is 1. The number of H-pyrrole nitrogens is 1. The van der Waals surface area contributed by atoms with Crippen molar-refractivity contribution < 1.29 is 4.74 Å². The summed E-state index contributed by atoms with van der Waals surface area (Å²) in [5.74, 6) is 1.46. The molecule has 0 saturated heterocycles. The Morgan fingerprint density at radius 2 is 1.96 bits per heavy atom. The SMILES string of the molecule is CCCCCCCCOC1CCC(C)(C)CC1c1c[nH]c(C)n1. The Kier molecular flexibility index (Phi) is 7.13. The molecule has 1 fully saturated rings. The second kappa shape index (κ2) is 8.86. The van der Waals surface area contributed by atoms with E-state index in [0.29, 0.717) is 17.4 Å². The van der Waals surface area contributed by atoms with Crippen molar-refractivity contribution in [3.63, 3.8) is 0 Å². The fourth-order valence-electron chi connectivity index (χ4n) is 3.80. The smallest absolute Gasteiger partial charge is 0.103 e. The Hall–Kier alpha value is -0.830. The highest BCUT2D eigenvalue weighted by Crippen LogP contribution is 2.44. The van der Waals surface area contributed by atoms with Crippen LogP contribution in [0.4, 0.5) is 0 Å². The first-order valence-electron chi connectivity index (χ1n) is 9.65. The van der Waals surface area contributed by atoms with Gasteiger partial charge in [0.15, 0.2) is 0 Å². The number of hydrogen-bond acceptors (Lipinski definition) is 2. The van der Waals surface area contributed by atoms with E-state index in [2.05, 4.69) is 32.0 Å². The molecule has 3 heteroatoms. The normalized spacial score (nSPS) is 24.0. The lowest BCUT2D eigenvalue weighted by Gasteiger charge is -2.40. The van der Waals surface area contributed by atoms with Crippen LogP contribution in [0, 0.1) is 12.3 Å². The first kappa shape index (κ1) is 18.5. The average Bonchev–Trinajstić information content (AvgIpc) is 2.93. The number of rotatable bonds is 9. The predicted molar refractivity (Wildman–Crippen MR) is 96.8 cm³/mol. The molecule has 0 amide bonds. The highest BCUT2D eigenvalue weighted by molar-refractivity contribution is 5.12. The molecule has 1 aliphatic rings. The van der Waals surface area contributed by atoms with Crippen LogP contribution in [0.15, 0.2) is 6.20 Å². The van der Waals surface area contributed by atoms with Gasteiger partial charge in [0.2, 0.25) is 0 Å². The van der Waals surface area contributed by atoms with E-state index in [1.54, 1.807) is 0 Å². The molecule has 0 aliphatic heterocycles. The van der Waals surface area contributed by atoms with Gasteiger partial charge in [-0.05, 0) is 38.0 Å². The molecule has 1 N–H and O–H groups in total. The van der Waals surface area contributed by atoms with E-state index in [9.17, 15) is 0 Å². The summed E-state index contributed by atoms with van der Waals surface area (Å²) in [4.78, 5) is 7.94. The predicted octanol–water partition coefficient (Wildman–Crippen LogP) is 5.76. The van der Waals surface area contributed by atoms with Crippen LogP contribution >= 0.6 is 0 Å². The van der Waals surface area contributed by atoms with E-state index in [0.717, 1.165) is 12.4 Å². The first-order valence-corrected chi connectivity index (χ1v) is 9.65. The third-order valence-electron chi connectivity index (χ3n) is 5.26. The molecule has 0 spiro atoms. The highest BCUT2D eigenvalue weighted by Gasteiger charge is 2.37. The fraction of sp³-hybridized carbons (Fsp3) is 0.850. The van der Waals surface area contributed by atoms with Gasteiger partial charge in [-0.2, -0.15) is 0 Å². The maximum Gasteiger partial charge on any atom is 0.103 e. The topological polar surface area (TPSA) is 37.9 Å². The number of nitrogens with one attached hydrogen (secondary N) is 1. The van der Waals surface area contributed by atoms with Crippen LogP contribution in [0.1, 0.15) is 96.0 Å². The molecule has 1 aliphatic carbocycles. The maximum atomic E-state index is 6.31. The van der Waals surface area contributed by atoms with Crippen molar-refractivity contribution >= 4 is 0 Å². The Morgan fingerprint density at radius 3 is 2.65 bits per heavy atom. The highest BCUT2D eigenvalue weighted by atomic mass is 16.5. The number of imidazole rings is 1. The minimum Gasteiger partial charge on any atom is -0.378 e. The zero-order valence-electron chi connectivity index (χ0n) is 15.7. The first-order chi connectivity index (χ1) is 11.0. The monoisotopic (exact) mass is 320 g/mol. The van der Waals surface area contributed by atoms with Crippen LogP contribution in [0.3, 0.4) is 0 Å². The van der Waals surface area contributed by atoms with Crippen LogP contribution in [0.5, 0.6) is 0 Å². The van der Waals surface area contributed by atoms with Crippen molar-refractivity contribution in [3.05, 3.63) is 17.7 Å². The summed E-state index contributed by atoms with van der Waals surface area (Å²) in [7, 11) is 0. The summed E-state index contributed by atoms with van der Waals surface area (Å²) in [5.41, 5.74) is 1.60. The van der Waals surface area contributed by atoms with Gasteiger partial charge in [0.25, 0.3) is 0 Å². The number of ether oxygens (including phenoxy) is 1. The van der Waals surface area contributed by atoms with E-state index >= 15 is 0 Å². The van der Waals surface area contributed by atoms with Crippen LogP contribution in [0.25, 0.3) is 0 Å². The van der Waals surface area contributed by atoms with Crippen molar-refractivity contribution in [2.75, 3.05) is 6.61 Å². The number of aromatic amines is 1. The van der Waals surface area contributed by atoms with Gasteiger partial charge >= 0.3 is 0 Å². The van der Waals surface area contributed by atoms with Gasteiger partial charge in [0.05, 0.1) is 11.8 Å². The summed E-state index contributed by atoms with van der Waals surface area (Å²) < 4.78 is 6.31. The van der Waals surface area contributed by atoms with E-state index in [-0.39, 0.29) is 0 Å². The quantitative estimate of drug-likeness (QED) is 0.588. The van der Waals surface area contributed by atoms with Gasteiger partial charge in [0, 0.05) is 18.7 Å². The molecule has 0 aromatic carbocycles. The molecule has 1 saturated carbocycles. The molecule has 23 heavy (non-hydrogen) atoms. The largest absolute Gasteiger partial charge is 0.378 e. The molecule has 1 aromatic heterocycles. The standard InChI is InChI=1S/C20H36N2O/c1-5-6-7-8-9-10-13-23-19-11-12-20(3,4)14-17(19)18-15-21-16(2)22-18/h15,17,19H,5-14H2,1-4H3,(H,21,22). The molecular formula is C20H36N2O. The Morgan fingerprint density at radius 1 is 1.22 bits per heavy atom. The summed E-state index contributed by atoms with van der Waals surface area (Å²) in [6, 6.07) is 0. The van der Waals surface area contributed by atoms with Gasteiger partial charge in [-0.15, -0.1) is 0 Å². The number of unbranched alkanes of at least 4 members (excludes halogenated alkanes) is 5. The van der Waals surface area contributed by atoms with Crippen molar-refractivity contribution in [1.82, 2.24) is 9.97 Å². The average molecular weight is 321 g/mol. The van der Waals surface area contributed by atoms with Gasteiger partial charge < -0.3 is 9.72 Å². The minimum absolute atomic E-state index is 0.348. The molecular weight excluding hydrogens is 284 g/mol. The third-order valence-corrected chi connectivity index (χ3v) is 5.26. The Bertz CT molecular complexity index is 452. The molecule has 1 heterocycles. The lowest BCUT2D eigenvalue weighted by molar-refractivity contribution is -0.0149. The maximum absolute atomic E-state index is 6.31. The number of aromatic nitrogens is 2. The summed E-state index contributed by atoms with van der Waals surface area (Å²) in [6.07, 6.45) is 14.0.